The van der Waals surface area contributed by atoms with Gasteiger partial charge in [-0.05, 0) is 24.6 Å². The lowest BCUT2D eigenvalue weighted by Gasteiger charge is -2.17. The van der Waals surface area contributed by atoms with Gasteiger partial charge < -0.3 is 4.90 Å². The van der Waals surface area contributed by atoms with Gasteiger partial charge in [0.15, 0.2) is 0 Å². The summed E-state index contributed by atoms with van der Waals surface area (Å²) in [7, 11) is 0. The number of benzene rings is 2. The van der Waals surface area contributed by atoms with Crippen molar-refractivity contribution in [1.82, 2.24) is 19.9 Å². The van der Waals surface area contributed by atoms with Gasteiger partial charge in [-0.3, -0.25) is 4.79 Å². The number of carbonyl (C=O) groups is 1. The Labute approximate surface area is 155 Å². The van der Waals surface area contributed by atoms with Gasteiger partial charge in [-0.25, -0.2) is 9.07 Å². The minimum Gasteiger partial charge on any atom is -0.336 e. The highest BCUT2D eigenvalue weighted by molar-refractivity contribution is 6.33. The normalized spacial score (nSPS) is 16.8. The van der Waals surface area contributed by atoms with Crippen LogP contribution in [0.5, 0.6) is 0 Å². The zero-order valence-corrected chi connectivity index (χ0v) is 14.6. The molecule has 0 radical (unpaired) electrons. The van der Waals surface area contributed by atoms with Crippen LogP contribution in [0.1, 0.15) is 22.8 Å². The van der Waals surface area contributed by atoms with Gasteiger partial charge in [0.2, 0.25) is 0 Å². The first-order chi connectivity index (χ1) is 12.6. The standard InChI is InChI=1S/C19H16ClFN4O/c20-17-10-14(21)6-7-16(17)19(26)24-9-8-15(11-24)25-12-18(22-23-25)13-4-2-1-3-5-13/h1-7,10,12,15H,8-9,11H2. The number of aromatic nitrogens is 3. The molecule has 26 heavy (non-hydrogen) atoms. The maximum Gasteiger partial charge on any atom is 0.255 e. The molecule has 0 N–H and O–H groups in total. The second-order valence-electron chi connectivity index (χ2n) is 6.27. The largest absolute Gasteiger partial charge is 0.336 e. The Kier molecular flexibility index (Phi) is 4.42. The molecule has 1 aliphatic heterocycles. The van der Waals surface area contributed by atoms with E-state index >= 15 is 0 Å². The summed E-state index contributed by atoms with van der Waals surface area (Å²) in [6, 6.07) is 13.7. The van der Waals surface area contributed by atoms with Crippen LogP contribution in [0.15, 0.2) is 54.7 Å². The molecule has 132 valence electrons. The summed E-state index contributed by atoms with van der Waals surface area (Å²) >= 11 is 6.01. The van der Waals surface area contributed by atoms with Crippen molar-refractivity contribution >= 4 is 17.5 Å². The van der Waals surface area contributed by atoms with Crippen molar-refractivity contribution in [1.29, 1.82) is 0 Å². The van der Waals surface area contributed by atoms with E-state index in [9.17, 15) is 9.18 Å². The van der Waals surface area contributed by atoms with Crippen molar-refractivity contribution in [2.75, 3.05) is 13.1 Å². The lowest BCUT2D eigenvalue weighted by Crippen LogP contribution is -2.29. The zero-order chi connectivity index (χ0) is 18.1. The molecule has 7 heteroatoms. The van der Waals surface area contributed by atoms with Crippen molar-refractivity contribution in [3.05, 3.63) is 71.1 Å². The first kappa shape index (κ1) is 16.7. The Morgan fingerprint density at radius 3 is 2.77 bits per heavy atom. The van der Waals surface area contributed by atoms with Gasteiger partial charge in [-0.1, -0.05) is 47.1 Å². The van der Waals surface area contributed by atoms with Gasteiger partial charge in [0.25, 0.3) is 5.91 Å². The number of amides is 1. The van der Waals surface area contributed by atoms with E-state index in [2.05, 4.69) is 10.3 Å². The van der Waals surface area contributed by atoms with E-state index < -0.39 is 5.82 Å². The second kappa shape index (κ2) is 6.88. The fourth-order valence-electron chi connectivity index (χ4n) is 3.17. The topological polar surface area (TPSA) is 51.0 Å². The maximum absolute atomic E-state index is 13.2. The second-order valence-corrected chi connectivity index (χ2v) is 6.67. The van der Waals surface area contributed by atoms with Crippen molar-refractivity contribution in [3.8, 4) is 11.3 Å². The molecule has 1 unspecified atom stereocenters. The first-order valence-corrected chi connectivity index (χ1v) is 8.71. The lowest BCUT2D eigenvalue weighted by molar-refractivity contribution is 0.0787. The van der Waals surface area contributed by atoms with Crippen LogP contribution in [0, 0.1) is 5.82 Å². The van der Waals surface area contributed by atoms with Crippen molar-refractivity contribution in [3.63, 3.8) is 0 Å². The summed E-state index contributed by atoms with van der Waals surface area (Å²) in [6.07, 6.45) is 2.68. The highest BCUT2D eigenvalue weighted by Gasteiger charge is 2.30. The molecule has 3 aromatic rings. The zero-order valence-electron chi connectivity index (χ0n) is 13.8. The van der Waals surface area contributed by atoms with Gasteiger partial charge in [0.1, 0.15) is 11.5 Å². The Hall–Kier alpha value is -2.73. The van der Waals surface area contributed by atoms with Crippen LogP contribution in [0.2, 0.25) is 5.02 Å². The molecule has 1 atom stereocenters. The third-order valence-corrected chi connectivity index (χ3v) is 4.88. The summed E-state index contributed by atoms with van der Waals surface area (Å²) in [4.78, 5) is 14.4. The molecule has 0 spiro atoms. The van der Waals surface area contributed by atoms with Crippen LogP contribution in [-0.2, 0) is 0 Å². The quantitative estimate of drug-likeness (QED) is 0.704. The van der Waals surface area contributed by atoms with Gasteiger partial charge in [0, 0.05) is 18.7 Å². The maximum atomic E-state index is 13.2. The van der Waals surface area contributed by atoms with Gasteiger partial charge >= 0.3 is 0 Å². The molecule has 5 nitrogen and oxygen atoms in total. The number of rotatable bonds is 3. The number of halogens is 2. The van der Waals surface area contributed by atoms with Gasteiger partial charge in [0.05, 0.1) is 22.8 Å². The molecule has 1 saturated heterocycles. The molecule has 0 saturated carbocycles. The third-order valence-electron chi connectivity index (χ3n) is 4.57. The lowest BCUT2D eigenvalue weighted by atomic mass is 10.2. The number of nitrogens with zero attached hydrogens (tertiary/aromatic N) is 4. The Morgan fingerprint density at radius 1 is 1.19 bits per heavy atom. The van der Waals surface area contributed by atoms with Crippen LogP contribution < -0.4 is 0 Å². The Morgan fingerprint density at radius 2 is 2.00 bits per heavy atom. The highest BCUT2D eigenvalue weighted by Crippen LogP contribution is 2.26. The number of likely N-dealkylation sites (tertiary alicyclic amines) is 1. The molecule has 1 aliphatic rings. The van der Waals surface area contributed by atoms with Crippen LogP contribution >= 0.6 is 11.6 Å². The number of hydrogen-bond donors (Lipinski definition) is 0. The van der Waals surface area contributed by atoms with E-state index in [1.165, 1.54) is 12.1 Å². The van der Waals surface area contributed by atoms with E-state index in [1.807, 2.05) is 41.2 Å². The van der Waals surface area contributed by atoms with Crippen LogP contribution in [0.4, 0.5) is 4.39 Å². The van der Waals surface area contributed by atoms with Crippen molar-refractivity contribution in [2.45, 2.75) is 12.5 Å². The van der Waals surface area contributed by atoms with Gasteiger partial charge in [-0.15, -0.1) is 5.10 Å². The van der Waals surface area contributed by atoms with Crippen LogP contribution in [-0.4, -0.2) is 38.9 Å². The fourth-order valence-corrected chi connectivity index (χ4v) is 3.42. The predicted molar refractivity (Wildman–Crippen MR) is 96.4 cm³/mol. The molecule has 1 aromatic heterocycles. The van der Waals surface area contributed by atoms with Crippen molar-refractivity contribution in [2.24, 2.45) is 0 Å². The summed E-state index contributed by atoms with van der Waals surface area (Å²) in [5.41, 5.74) is 2.12. The molecule has 2 aromatic carbocycles. The predicted octanol–water partition coefficient (Wildman–Crippen LogP) is 3.82. The van der Waals surface area contributed by atoms with E-state index in [0.29, 0.717) is 18.7 Å². The summed E-state index contributed by atoms with van der Waals surface area (Å²) in [6.45, 7) is 1.11. The SMILES string of the molecule is O=C(c1ccc(F)cc1Cl)N1CCC(n2cc(-c3ccccc3)nn2)C1. The summed E-state index contributed by atoms with van der Waals surface area (Å²) < 4.78 is 15.0. The molecule has 2 heterocycles. The van der Waals surface area contributed by atoms with E-state index in [-0.39, 0.29) is 17.0 Å². The van der Waals surface area contributed by atoms with E-state index in [4.69, 9.17) is 11.6 Å². The molecular weight excluding hydrogens is 355 g/mol. The highest BCUT2D eigenvalue weighted by atomic mass is 35.5. The molecule has 1 amide bonds. The van der Waals surface area contributed by atoms with Gasteiger partial charge in [-0.2, -0.15) is 0 Å². The molecule has 0 aliphatic carbocycles. The number of carbonyl (C=O) groups excluding carboxylic acids is 1. The first-order valence-electron chi connectivity index (χ1n) is 8.33. The molecule has 4 rings (SSSR count). The molecular formula is C19H16ClFN4O. The average Bonchev–Trinajstić information content (AvgIpc) is 3.31. The Bertz CT molecular complexity index is 944. The molecule has 0 bridgehead atoms. The summed E-state index contributed by atoms with van der Waals surface area (Å²) in [5.74, 6) is -0.650. The third kappa shape index (κ3) is 3.20. The van der Waals surface area contributed by atoms with Crippen LogP contribution in [0.25, 0.3) is 11.3 Å². The minimum absolute atomic E-state index is 0.0585. The smallest absolute Gasteiger partial charge is 0.255 e. The summed E-state index contributed by atoms with van der Waals surface area (Å²) in [5, 5.41) is 8.58. The minimum atomic E-state index is -0.457. The fraction of sp³-hybridized carbons (Fsp3) is 0.211. The molecule has 1 fully saturated rings. The van der Waals surface area contributed by atoms with E-state index in [1.54, 1.807) is 4.90 Å². The average molecular weight is 371 g/mol. The number of hydrogen-bond acceptors (Lipinski definition) is 3. The monoisotopic (exact) mass is 370 g/mol. The van der Waals surface area contributed by atoms with Crippen LogP contribution in [0.3, 0.4) is 0 Å². The van der Waals surface area contributed by atoms with E-state index in [0.717, 1.165) is 23.7 Å². The van der Waals surface area contributed by atoms with Crippen molar-refractivity contribution < 1.29 is 9.18 Å². The Balaban J connectivity index is 1.49.